The van der Waals surface area contributed by atoms with Gasteiger partial charge in [0.05, 0.1) is 16.6 Å². The molecular weight excluding hydrogens is 176 g/mol. The molecule has 12 heavy (non-hydrogen) atoms. The molecular formula is C8H14O3S. The monoisotopic (exact) mass is 190 g/mol. The first kappa shape index (κ1) is 8.51. The van der Waals surface area contributed by atoms with E-state index < -0.39 is 14.6 Å². The molecule has 0 saturated heterocycles. The van der Waals surface area contributed by atoms with Crippen molar-refractivity contribution in [1.82, 2.24) is 0 Å². The van der Waals surface area contributed by atoms with Gasteiger partial charge in [-0.2, -0.15) is 0 Å². The van der Waals surface area contributed by atoms with Gasteiger partial charge in [-0.15, -0.1) is 0 Å². The molecule has 0 radical (unpaired) electrons. The van der Waals surface area contributed by atoms with Gasteiger partial charge >= 0.3 is 0 Å². The fraction of sp³-hybridized carbons (Fsp3) is 1.00. The number of rotatable bonds is 3. The summed E-state index contributed by atoms with van der Waals surface area (Å²) in [6.07, 6.45) is 3.99. The van der Waals surface area contributed by atoms with Crippen molar-refractivity contribution in [2.24, 2.45) is 0 Å². The van der Waals surface area contributed by atoms with Crippen LogP contribution in [0.1, 0.15) is 32.1 Å². The summed E-state index contributed by atoms with van der Waals surface area (Å²) in [7, 11) is -2.99. The first-order valence-corrected chi connectivity index (χ1v) is 6.01. The van der Waals surface area contributed by atoms with Crippen molar-refractivity contribution < 1.29 is 13.5 Å². The summed E-state index contributed by atoms with van der Waals surface area (Å²) in [4.78, 5) is 0. The predicted molar refractivity (Wildman–Crippen MR) is 45.6 cm³/mol. The minimum absolute atomic E-state index is 0.132. The molecule has 3 nitrogen and oxygen atoms in total. The van der Waals surface area contributed by atoms with Crippen molar-refractivity contribution in [3.8, 4) is 0 Å². The molecule has 70 valence electrons. The summed E-state index contributed by atoms with van der Waals surface area (Å²) < 4.78 is 22.8. The van der Waals surface area contributed by atoms with Gasteiger partial charge in [0.1, 0.15) is 0 Å². The van der Waals surface area contributed by atoms with Gasteiger partial charge in [-0.25, -0.2) is 8.42 Å². The molecule has 0 heterocycles. The maximum absolute atomic E-state index is 11.8. The minimum Gasteiger partial charge on any atom is -0.395 e. The van der Waals surface area contributed by atoms with Gasteiger partial charge in [-0.1, -0.05) is 6.42 Å². The Hall–Kier alpha value is -0.0900. The number of hydrogen-bond donors (Lipinski definition) is 1. The Kier molecular flexibility index (Phi) is 1.74. The lowest BCUT2D eigenvalue weighted by molar-refractivity contribution is 0.281. The highest BCUT2D eigenvalue weighted by Crippen LogP contribution is 2.48. The Morgan fingerprint density at radius 2 is 1.92 bits per heavy atom. The van der Waals surface area contributed by atoms with Crippen LogP contribution < -0.4 is 0 Å². The fourth-order valence-electron chi connectivity index (χ4n) is 1.71. The number of aliphatic hydroxyl groups is 1. The molecule has 0 unspecified atom stereocenters. The molecule has 0 bridgehead atoms. The van der Waals surface area contributed by atoms with Crippen LogP contribution in [0.2, 0.25) is 0 Å². The van der Waals surface area contributed by atoms with Gasteiger partial charge < -0.3 is 5.11 Å². The van der Waals surface area contributed by atoms with Crippen molar-refractivity contribution in [1.29, 1.82) is 0 Å². The second kappa shape index (κ2) is 2.45. The summed E-state index contributed by atoms with van der Waals surface area (Å²) in [5.74, 6) is 0. The SMILES string of the molecule is O=S(=O)(C1CCC1)C1(CO)CC1. The third-order valence-corrected chi connectivity index (χ3v) is 6.28. The van der Waals surface area contributed by atoms with Crippen molar-refractivity contribution in [3.05, 3.63) is 0 Å². The third-order valence-electron chi connectivity index (χ3n) is 3.19. The minimum atomic E-state index is -2.99. The van der Waals surface area contributed by atoms with E-state index in [4.69, 9.17) is 5.11 Å². The molecule has 0 spiro atoms. The fourth-order valence-corrected chi connectivity index (χ4v) is 4.22. The lowest BCUT2D eigenvalue weighted by Crippen LogP contribution is -2.40. The summed E-state index contributed by atoms with van der Waals surface area (Å²) in [6.45, 7) is -0.175. The van der Waals surface area contributed by atoms with Gasteiger partial charge in [-0.3, -0.25) is 0 Å². The van der Waals surface area contributed by atoms with Crippen LogP contribution in [0.25, 0.3) is 0 Å². The quantitative estimate of drug-likeness (QED) is 0.704. The number of aliphatic hydroxyl groups excluding tert-OH is 1. The topological polar surface area (TPSA) is 54.4 Å². The lowest BCUT2D eigenvalue weighted by atomic mass is 10.00. The highest BCUT2D eigenvalue weighted by atomic mass is 32.2. The highest BCUT2D eigenvalue weighted by molar-refractivity contribution is 7.93. The Morgan fingerprint density at radius 1 is 1.33 bits per heavy atom. The van der Waals surface area contributed by atoms with E-state index in [1.54, 1.807) is 0 Å². The molecule has 0 aliphatic heterocycles. The summed E-state index contributed by atoms with van der Waals surface area (Å²) in [5, 5.41) is 8.85. The molecule has 2 aliphatic rings. The maximum Gasteiger partial charge on any atom is 0.161 e. The van der Waals surface area contributed by atoms with Crippen LogP contribution in [-0.4, -0.2) is 30.1 Å². The summed E-state index contributed by atoms with van der Waals surface area (Å²) >= 11 is 0. The largest absolute Gasteiger partial charge is 0.395 e. The average Bonchev–Trinajstić information content (AvgIpc) is 2.60. The number of hydrogen-bond acceptors (Lipinski definition) is 3. The van der Waals surface area contributed by atoms with Crippen LogP contribution >= 0.6 is 0 Å². The second-order valence-corrected chi connectivity index (χ2v) is 6.56. The van der Waals surface area contributed by atoms with Crippen LogP contribution in [-0.2, 0) is 9.84 Å². The lowest BCUT2D eigenvalue weighted by Gasteiger charge is -2.29. The van der Waals surface area contributed by atoms with E-state index in [1.807, 2.05) is 0 Å². The van der Waals surface area contributed by atoms with Gasteiger partial charge in [0, 0.05) is 0 Å². The highest BCUT2D eigenvalue weighted by Gasteiger charge is 2.57. The van der Waals surface area contributed by atoms with Gasteiger partial charge in [0.25, 0.3) is 0 Å². The molecule has 0 aromatic heterocycles. The predicted octanol–water partition coefficient (Wildman–Crippen LogP) is 0.479. The molecule has 2 saturated carbocycles. The molecule has 4 heteroatoms. The van der Waals surface area contributed by atoms with E-state index in [0.717, 1.165) is 19.3 Å². The zero-order valence-electron chi connectivity index (χ0n) is 6.99. The molecule has 0 aromatic rings. The average molecular weight is 190 g/mol. The molecule has 0 aromatic carbocycles. The van der Waals surface area contributed by atoms with E-state index in [2.05, 4.69) is 0 Å². The second-order valence-electron chi connectivity index (χ2n) is 3.94. The Morgan fingerprint density at radius 3 is 2.17 bits per heavy atom. The first-order valence-electron chi connectivity index (χ1n) is 4.47. The van der Waals surface area contributed by atoms with Crippen molar-refractivity contribution >= 4 is 9.84 Å². The molecule has 2 fully saturated rings. The van der Waals surface area contributed by atoms with E-state index in [9.17, 15) is 8.42 Å². The number of sulfone groups is 1. The van der Waals surface area contributed by atoms with E-state index >= 15 is 0 Å². The van der Waals surface area contributed by atoms with E-state index in [1.165, 1.54) is 0 Å². The van der Waals surface area contributed by atoms with E-state index in [0.29, 0.717) is 12.8 Å². The smallest absolute Gasteiger partial charge is 0.161 e. The van der Waals surface area contributed by atoms with Crippen LogP contribution in [0.5, 0.6) is 0 Å². The first-order chi connectivity index (χ1) is 5.62. The van der Waals surface area contributed by atoms with Crippen LogP contribution in [0.4, 0.5) is 0 Å². The molecule has 0 amide bonds. The summed E-state index contributed by atoms with van der Waals surface area (Å²) in [5.41, 5.74) is 0. The van der Waals surface area contributed by atoms with Gasteiger partial charge in [0.15, 0.2) is 9.84 Å². The zero-order chi connectivity index (χ0) is 8.82. The summed E-state index contributed by atoms with van der Waals surface area (Å²) in [6, 6.07) is 0. The Balaban J connectivity index is 2.20. The van der Waals surface area contributed by atoms with Gasteiger partial charge in [-0.05, 0) is 25.7 Å². The van der Waals surface area contributed by atoms with Gasteiger partial charge in [0.2, 0.25) is 0 Å². The van der Waals surface area contributed by atoms with E-state index in [-0.39, 0.29) is 11.9 Å². The van der Waals surface area contributed by atoms with Crippen molar-refractivity contribution in [2.75, 3.05) is 6.61 Å². The Labute approximate surface area is 72.7 Å². The Bertz CT molecular complexity index is 273. The van der Waals surface area contributed by atoms with Crippen molar-refractivity contribution in [3.63, 3.8) is 0 Å². The van der Waals surface area contributed by atoms with Crippen LogP contribution in [0, 0.1) is 0 Å². The third kappa shape index (κ3) is 0.941. The molecule has 2 rings (SSSR count). The zero-order valence-corrected chi connectivity index (χ0v) is 7.81. The standard InChI is InChI=1S/C8H14O3S/c9-6-8(4-5-8)12(10,11)7-2-1-3-7/h7,9H,1-6H2. The molecule has 2 aliphatic carbocycles. The van der Waals surface area contributed by atoms with Crippen LogP contribution in [0.15, 0.2) is 0 Å². The van der Waals surface area contributed by atoms with Crippen LogP contribution in [0.3, 0.4) is 0 Å². The van der Waals surface area contributed by atoms with Crippen molar-refractivity contribution in [2.45, 2.75) is 42.1 Å². The molecule has 0 atom stereocenters. The maximum atomic E-state index is 11.8. The molecule has 1 N–H and O–H groups in total. The normalized spacial score (nSPS) is 28.1.